The van der Waals surface area contributed by atoms with Gasteiger partial charge in [0.2, 0.25) is 11.8 Å². The van der Waals surface area contributed by atoms with E-state index in [9.17, 15) is 14.0 Å². The molecule has 2 aromatic rings. The molecule has 0 bridgehead atoms. The molecule has 1 fully saturated rings. The Morgan fingerprint density at radius 2 is 1.84 bits per heavy atom. The van der Waals surface area contributed by atoms with Crippen LogP contribution in [0.2, 0.25) is 0 Å². The monoisotopic (exact) mass is 533 g/mol. The molecule has 37 heavy (non-hydrogen) atoms. The molecule has 6 nitrogen and oxygen atoms in total. The number of aromatic nitrogens is 1. The van der Waals surface area contributed by atoms with Crippen LogP contribution in [0.15, 0.2) is 42.6 Å². The molecular formula is C29H41ClFN3O3. The van der Waals surface area contributed by atoms with Crippen molar-refractivity contribution in [2.45, 2.75) is 71.5 Å². The van der Waals surface area contributed by atoms with Crippen LogP contribution in [-0.2, 0) is 27.4 Å². The minimum atomic E-state index is -0.756. The summed E-state index contributed by atoms with van der Waals surface area (Å²) in [6, 6.07) is 10.7. The van der Waals surface area contributed by atoms with Crippen molar-refractivity contribution in [2.24, 2.45) is 5.41 Å². The van der Waals surface area contributed by atoms with Gasteiger partial charge in [0.05, 0.1) is 18.5 Å². The standard InChI is InChI=1S/C29H41ClFN3O3/c1-29(2,22-30)28(36)33(17-8-18-37-3)21-27(35)34(25-9-5-4-6-10-25)20-26-11-7-16-32(26)19-23-12-14-24(31)15-13-23/h7,11-16,25H,4-6,8-10,17-22H2,1-3H3. The van der Waals surface area contributed by atoms with Gasteiger partial charge in [-0.3, -0.25) is 9.59 Å². The lowest BCUT2D eigenvalue weighted by Gasteiger charge is -2.37. The van der Waals surface area contributed by atoms with Crippen molar-refractivity contribution < 1.29 is 18.7 Å². The van der Waals surface area contributed by atoms with Crippen LogP contribution >= 0.6 is 11.6 Å². The van der Waals surface area contributed by atoms with E-state index < -0.39 is 5.41 Å². The summed E-state index contributed by atoms with van der Waals surface area (Å²) in [5.74, 6) is -0.232. The number of hydrogen-bond donors (Lipinski definition) is 0. The average Bonchev–Trinajstić information content (AvgIpc) is 3.34. The SMILES string of the molecule is COCCCN(CC(=O)N(Cc1cccn1Cc1ccc(F)cc1)C1CCCCC1)C(=O)C(C)(C)CCl. The zero-order chi connectivity index (χ0) is 26.8. The number of rotatable bonds is 13. The van der Waals surface area contributed by atoms with Gasteiger partial charge in [0, 0.05) is 50.6 Å². The minimum absolute atomic E-state index is 0.0258. The second-order valence-electron chi connectivity index (χ2n) is 10.7. The number of amides is 2. The molecule has 8 heteroatoms. The first kappa shape index (κ1) is 29.2. The summed E-state index contributed by atoms with van der Waals surface area (Å²) in [7, 11) is 1.63. The molecule has 0 radical (unpaired) electrons. The molecule has 1 aliphatic rings. The summed E-state index contributed by atoms with van der Waals surface area (Å²) in [6.45, 7) is 5.69. The highest BCUT2D eigenvalue weighted by atomic mass is 35.5. The van der Waals surface area contributed by atoms with Crippen LogP contribution in [0.3, 0.4) is 0 Å². The third-order valence-corrected chi connectivity index (χ3v) is 7.83. The summed E-state index contributed by atoms with van der Waals surface area (Å²) >= 11 is 6.11. The fraction of sp³-hybridized carbons (Fsp3) is 0.586. The average molecular weight is 534 g/mol. The Bertz CT molecular complexity index is 1000. The molecule has 0 aliphatic heterocycles. The van der Waals surface area contributed by atoms with Gasteiger partial charge in [-0.25, -0.2) is 4.39 Å². The van der Waals surface area contributed by atoms with E-state index in [0.29, 0.717) is 32.7 Å². The van der Waals surface area contributed by atoms with E-state index in [1.54, 1.807) is 24.1 Å². The summed E-state index contributed by atoms with van der Waals surface area (Å²) in [5, 5.41) is 0. The predicted molar refractivity (Wildman–Crippen MR) is 145 cm³/mol. The Morgan fingerprint density at radius 3 is 2.49 bits per heavy atom. The summed E-state index contributed by atoms with van der Waals surface area (Å²) in [6.07, 6.45) is 7.96. The lowest BCUT2D eigenvalue weighted by molar-refractivity contribution is -0.147. The van der Waals surface area contributed by atoms with Crippen molar-refractivity contribution in [1.82, 2.24) is 14.4 Å². The molecule has 1 aliphatic carbocycles. The maximum absolute atomic E-state index is 13.9. The number of carbonyl (C=O) groups is 2. The predicted octanol–water partition coefficient (Wildman–Crippen LogP) is 5.47. The molecule has 1 aromatic heterocycles. The van der Waals surface area contributed by atoms with Crippen molar-refractivity contribution in [3.63, 3.8) is 0 Å². The van der Waals surface area contributed by atoms with Crippen molar-refractivity contribution in [3.05, 3.63) is 59.7 Å². The van der Waals surface area contributed by atoms with Crippen molar-refractivity contribution in [3.8, 4) is 0 Å². The zero-order valence-electron chi connectivity index (χ0n) is 22.4. The highest BCUT2D eigenvalue weighted by molar-refractivity contribution is 6.19. The second-order valence-corrected chi connectivity index (χ2v) is 10.9. The van der Waals surface area contributed by atoms with E-state index in [-0.39, 0.29) is 36.1 Å². The molecule has 0 spiro atoms. The van der Waals surface area contributed by atoms with Crippen LogP contribution in [0.25, 0.3) is 0 Å². The number of carbonyl (C=O) groups excluding carboxylic acids is 2. The molecule has 1 saturated carbocycles. The van der Waals surface area contributed by atoms with Gasteiger partial charge in [0.25, 0.3) is 0 Å². The van der Waals surface area contributed by atoms with Gasteiger partial charge in [-0.2, -0.15) is 0 Å². The van der Waals surface area contributed by atoms with Gasteiger partial charge in [-0.05, 0) is 62.9 Å². The lowest BCUT2D eigenvalue weighted by atomic mass is 9.93. The maximum atomic E-state index is 13.9. The van der Waals surface area contributed by atoms with Gasteiger partial charge in [0.1, 0.15) is 5.82 Å². The van der Waals surface area contributed by atoms with E-state index in [1.165, 1.54) is 18.6 Å². The number of hydrogen-bond acceptors (Lipinski definition) is 3. The Kier molecular flexibility index (Phi) is 11.0. The fourth-order valence-corrected chi connectivity index (χ4v) is 5.03. The van der Waals surface area contributed by atoms with Crippen LogP contribution < -0.4 is 0 Å². The first-order valence-electron chi connectivity index (χ1n) is 13.3. The molecular weight excluding hydrogens is 493 g/mol. The topological polar surface area (TPSA) is 54.8 Å². The number of methoxy groups -OCH3 is 1. The van der Waals surface area contributed by atoms with Crippen LogP contribution in [0.5, 0.6) is 0 Å². The molecule has 0 atom stereocenters. The molecule has 204 valence electrons. The largest absolute Gasteiger partial charge is 0.385 e. The molecule has 1 aromatic carbocycles. The zero-order valence-corrected chi connectivity index (χ0v) is 23.2. The lowest BCUT2D eigenvalue weighted by Crippen LogP contribution is -2.50. The van der Waals surface area contributed by atoms with Crippen molar-refractivity contribution in [1.29, 1.82) is 0 Å². The van der Waals surface area contributed by atoms with Crippen LogP contribution in [0.1, 0.15) is 63.6 Å². The Hall–Kier alpha value is -2.38. The smallest absolute Gasteiger partial charge is 0.242 e. The quantitative estimate of drug-likeness (QED) is 0.253. The van der Waals surface area contributed by atoms with Gasteiger partial charge in [-0.15, -0.1) is 11.6 Å². The number of ether oxygens (including phenoxy) is 1. The van der Waals surface area contributed by atoms with Crippen LogP contribution in [0.4, 0.5) is 4.39 Å². The van der Waals surface area contributed by atoms with E-state index in [0.717, 1.165) is 36.9 Å². The molecule has 0 N–H and O–H groups in total. The molecule has 0 unspecified atom stereocenters. The summed E-state index contributed by atoms with van der Waals surface area (Å²) in [4.78, 5) is 30.8. The minimum Gasteiger partial charge on any atom is -0.385 e. The van der Waals surface area contributed by atoms with E-state index >= 15 is 0 Å². The molecule has 3 rings (SSSR count). The van der Waals surface area contributed by atoms with E-state index in [2.05, 4.69) is 4.57 Å². The maximum Gasteiger partial charge on any atom is 0.242 e. The Morgan fingerprint density at radius 1 is 1.14 bits per heavy atom. The Balaban J connectivity index is 1.80. The number of benzene rings is 1. The van der Waals surface area contributed by atoms with Gasteiger partial charge in [0.15, 0.2) is 0 Å². The highest BCUT2D eigenvalue weighted by Crippen LogP contribution is 2.26. The summed E-state index contributed by atoms with van der Waals surface area (Å²) < 4.78 is 20.7. The first-order chi connectivity index (χ1) is 17.7. The summed E-state index contributed by atoms with van der Waals surface area (Å²) in [5.41, 5.74) is 1.25. The van der Waals surface area contributed by atoms with Crippen LogP contribution in [0, 0.1) is 11.2 Å². The van der Waals surface area contributed by atoms with Crippen molar-refractivity contribution in [2.75, 3.05) is 32.7 Å². The third kappa shape index (κ3) is 8.30. The highest BCUT2D eigenvalue weighted by Gasteiger charge is 2.34. The van der Waals surface area contributed by atoms with Gasteiger partial charge in [-0.1, -0.05) is 31.4 Å². The molecule has 2 amide bonds. The number of alkyl halides is 1. The van der Waals surface area contributed by atoms with Crippen molar-refractivity contribution >= 4 is 23.4 Å². The Labute approximate surface area is 225 Å². The molecule has 1 heterocycles. The van der Waals surface area contributed by atoms with E-state index in [4.69, 9.17) is 16.3 Å². The number of halogens is 2. The van der Waals surface area contributed by atoms with Gasteiger partial charge < -0.3 is 19.1 Å². The first-order valence-corrected chi connectivity index (χ1v) is 13.8. The molecule has 0 saturated heterocycles. The van der Waals surface area contributed by atoms with Crippen LogP contribution in [-0.4, -0.2) is 64.9 Å². The van der Waals surface area contributed by atoms with Gasteiger partial charge >= 0.3 is 0 Å². The third-order valence-electron chi connectivity index (χ3n) is 7.16. The number of nitrogens with zero attached hydrogens (tertiary/aromatic N) is 3. The normalized spacial score (nSPS) is 14.5. The fourth-order valence-electron chi connectivity index (χ4n) is 4.91. The van der Waals surface area contributed by atoms with E-state index in [1.807, 2.05) is 37.1 Å². The second kappa shape index (κ2) is 14.0.